The molecule has 1 aliphatic rings. The van der Waals surface area contributed by atoms with Gasteiger partial charge in [-0.1, -0.05) is 23.7 Å². The largest absolute Gasteiger partial charge is 0.454 e. The van der Waals surface area contributed by atoms with Gasteiger partial charge in [-0.05, 0) is 37.0 Å². The number of nitrogens with two attached hydrogens (primary N) is 1. The van der Waals surface area contributed by atoms with Crippen molar-refractivity contribution < 1.29 is 19.1 Å². The molecule has 2 amide bonds. The van der Waals surface area contributed by atoms with Crippen LogP contribution in [0.2, 0.25) is 5.02 Å². The average molecular weight is 339 g/mol. The lowest BCUT2D eigenvalue weighted by atomic mass is 9.96. The standard InChI is InChI=1S/C16H19ClN2O4/c17-11-7-5-10(6-8-11)12(19-16(18)22)9-15(21)23-14-4-2-1-3-13(14)20/h5-8,12,14H,1-4,9H2,(H3,18,19,22)/t12-,14+/m1/s1. The molecule has 0 spiro atoms. The second-order valence-corrected chi connectivity index (χ2v) is 5.94. The number of carbonyl (C=O) groups is 3. The van der Waals surface area contributed by atoms with Crippen molar-refractivity contribution in [2.24, 2.45) is 5.73 Å². The highest BCUT2D eigenvalue weighted by Gasteiger charge is 2.27. The molecule has 124 valence electrons. The summed E-state index contributed by atoms with van der Waals surface area (Å²) in [5.41, 5.74) is 5.84. The van der Waals surface area contributed by atoms with Crippen molar-refractivity contribution in [3.05, 3.63) is 34.9 Å². The second kappa shape index (κ2) is 7.97. The molecule has 0 aromatic heterocycles. The number of benzene rings is 1. The minimum absolute atomic E-state index is 0.0458. The van der Waals surface area contributed by atoms with Gasteiger partial charge in [0.25, 0.3) is 0 Å². The van der Waals surface area contributed by atoms with Crippen molar-refractivity contribution in [1.82, 2.24) is 5.32 Å². The summed E-state index contributed by atoms with van der Waals surface area (Å²) in [5.74, 6) is -0.588. The number of hydrogen-bond acceptors (Lipinski definition) is 4. The highest BCUT2D eigenvalue weighted by molar-refractivity contribution is 6.30. The number of rotatable bonds is 5. The number of primary amides is 1. The predicted octanol–water partition coefficient (Wildman–Crippen LogP) is 2.49. The van der Waals surface area contributed by atoms with Crippen molar-refractivity contribution in [3.8, 4) is 0 Å². The third kappa shape index (κ3) is 5.25. The van der Waals surface area contributed by atoms with E-state index < -0.39 is 24.1 Å². The summed E-state index contributed by atoms with van der Waals surface area (Å²) in [6.45, 7) is 0. The Balaban J connectivity index is 2.01. The van der Waals surface area contributed by atoms with Crippen LogP contribution in [0.1, 0.15) is 43.7 Å². The molecule has 7 heteroatoms. The molecule has 0 aliphatic heterocycles. The van der Waals surface area contributed by atoms with Crippen molar-refractivity contribution in [3.63, 3.8) is 0 Å². The summed E-state index contributed by atoms with van der Waals surface area (Å²) in [6.07, 6.45) is 1.93. The molecule has 0 unspecified atom stereocenters. The number of ether oxygens (including phenoxy) is 1. The lowest BCUT2D eigenvalue weighted by Gasteiger charge is -2.22. The molecular weight excluding hydrogens is 320 g/mol. The molecule has 1 aliphatic carbocycles. The van der Waals surface area contributed by atoms with Crippen LogP contribution in [0.3, 0.4) is 0 Å². The molecule has 1 aromatic carbocycles. The maximum atomic E-state index is 12.1. The summed E-state index contributed by atoms with van der Waals surface area (Å²) in [5, 5.41) is 3.05. The third-order valence-corrected chi connectivity index (χ3v) is 3.98. The van der Waals surface area contributed by atoms with E-state index in [2.05, 4.69) is 5.32 Å². The van der Waals surface area contributed by atoms with E-state index in [-0.39, 0.29) is 12.2 Å². The lowest BCUT2D eigenvalue weighted by Crippen LogP contribution is -2.36. The predicted molar refractivity (Wildman–Crippen MR) is 84.9 cm³/mol. The minimum atomic E-state index is -0.744. The maximum Gasteiger partial charge on any atom is 0.312 e. The summed E-state index contributed by atoms with van der Waals surface area (Å²) in [4.78, 5) is 35.0. The Kier molecular flexibility index (Phi) is 5.98. The zero-order chi connectivity index (χ0) is 16.8. The van der Waals surface area contributed by atoms with Gasteiger partial charge in [0.1, 0.15) is 0 Å². The Morgan fingerprint density at radius 3 is 2.61 bits per heavy atom. The Labute approximate surface area is 139 Å². The summed E-state index contributed by atoms with van der Waals surface area (Å²) < 4.78 is 5.25. The SMILES string of the molecule is NC(=O)N[C@H](CC(=O)O[C@H]1CCCCC1=O)c1ccc(Cl)cc1. The summed E-state index contributed by atoms with van der Waals surface area (Å²) in [7, 11) is 0. The molecule has 1 saturated carbocycles. The molecule has 0 saturated heterocycles. The Morgan fingerprint density at radius 1 is 1.30 bits per heavy atom. The Morgan fingerprint density at radius 2 is 2.00 bits per heavy atom. The van der Waals surface area contributed by atoms with Gasteiger partial charge in [0.15, 0.2) is 11.9 Å². The van der Waals surface area contributed by atoms with E-state index in [9.17, 15) is 14.4 Å². The van der Waals surface area contributed by atoms with E-state index in [0.717, 1.165) is 12.8 Å². The number of Topliss-reactive ketones (excluding diaryl/α,β-unsaturated/α-hetero) is 1. The van der Waals surface area contributed by atoms with Gasteiger partial charge >= 0.3 is 12.0 Å². The normalized spacial score (nSPS) is 19.0. The molecule has 0 radical (unpaired) electrons. The van der Waals surface area contributed by atoms with E-state index >= 15 is 0 Å². The monoisotopic (exact) mass is 338 g/mol. The van der Waals surface area contributed by atoms with Crippen LogP contribution in [0.4, 0.5) is 4.79 Å². The minimum Gasteiger partial charge on any atom is -0.454 e. The van der Waals surface area contributed by atoms with Gasteiger partial charge in [0.2, 0.25) is 0 Å². The van der Waals surface area contributed by atoms with Gasteiger partial charge in [0, 0.05) is 11.4 Å². The average Bonchev–Trinajstić information content (AvgIpc) is 2.49. The zero-order valence-corrected chi connectivity index (χ0v) is 13.3. The van der Waals surface area contributed by atoms with Crippen molar-refractivity contribution in [1.29, 1.82) is 0 Å². The molecule has 6 nitrogen and oxygen atoms in total. The first-order valence-electron chi connectivity index (χ1n) is 7.49. The molecule has 0 heterocycles. The molecule has 0 bridgehead atoms. The molecule has 23 heavy (non-hydrogen) atoms. The molecule has 2 atom stereocenters. The summed E-state index contributed by atoms with van der Waals surface area (Å²) in [6, 6.07) is 5.33. The first kappa shape index (κ1) is 17.3. The highest BCUT2D eigenvalue weighted by atomic mass is 35.5. The second-order valence-electron chi connectivity index (χ2n) is 5.51. The van der Waals surface area contributed by atoms with Crippen LogP contribution < -0.4 is 11.1 Å². The lowest BCUT2D eigenvalue weighted by molar-refractivity contribution is -0.157. The third-order valence-electron chi connectivity index (χ3n) is 3.73. The number of urea groups is 1. The zero-order valence-electron chi connectivity index (χ0n) is 12.6. The van der Waals surface area contributed by atoms with E-state index in [4.69, 9.17) is 22.1 Å². The topological polar surface area (TPSA) is 98.5 Å². The van der Waals surface area contributed by atoms with Crippen molar-refractivity contribution in [2.75, 3.05) is 0 Å². The van der Waals surface area contributed by atoms with Gasteiger partial charge in [-0.2, -0.15) is 0 Å². The highest BCUT2D eigenvalue weighted by Crippen LogP contribution is 2.22. The molecule has 1 aromatic rings. The van der Waals surface area contributed by atoms with E-state index in [0.29, 0.717) is 23.4 Å². The number of hydrogen-bond donors (Lipinski definition) is 2. The van der Waals surface area contributed by atoms with Crippen molar-refractivity contribution in [2.45, 2.75) is 44.2 Å². The first-order chi connectivity index (χ1) is 11.0. The van der Waals surface area contributed by atoms with Gasteiger partial charge in [-0.3, -0.25) is 9.59 Å². The molecule has 2 rings (SSSR count). The fourth-order valence-electron chi connectivity index (χ4n) is 2.57. The number of nitrogens with one attached hydrogen (secondary N) is 1. The van der Waals surface area contributed by atoms with Crippen molar-refractivity contribution >= 4 is 29.4 Å². The molecular formula is C16H19ClN2O4. The maximum absolute atomic E-state index is 12.1. The fourth-order valence-corrected chi connectivity index (χ4v) is 2.69. The van der Waals surface area contributed by atoms with E-state index in [1.54, 1.807) is 24.3 Å². The number of amides is 2. The number of carbonyl (C=O) groups excluding carboxylic acids is 3. The van der Waals surface area contributed by atoms with Gasteiger partial charge in [-0.25, -0.2) is 4.79 Å². The van der Waals surface area contributed by atoms with Crippen LogP contribution >= 0.6 is 11.6 Å². The summed E-state index contributed by atoms with van der Waals surface area (Å²) >= 11 is 5.83. The number of ketones is 1. The van der Waals surface area contributed by atoms with Crippen LogP contribution in [0, 0.1) is 0 Å². The van der Waals surface area contributed by atoms with Gasteiger partial charge < -0.3 is 15.8 Å². The Hall–Kier alpha value is -2.08. The molecule has 3 N–H and O–H groups in total. The van der Waals surface area contributed by atoms with E-state index in [1.807, 2.05) is 0 Å². The Bertz CT molecular complexity index is 588. The van der Waals surface area contributed by atoms with Crippen LogP contribution in [0.15, 0.2) is 24.3 Å². The van der Waals surface area contributed by atoms with Crippen LogP contribution in [-0.2, 0) is 14.3 Å². The first-order valence-corrected chi connectivity index (χ1v) is 7.87. The van der Waals surface area contributed by atoms with E-state index in [1.165, 1.54) is 0 Å². The molecule has 1 fully saturated rings. The van der Waals surface area contributed by atoms with Gasteiger partial charge in [-0.15, -0.1) is 0 Å². The van der Waals surface area contributed by atoms with Crippen LogP contribution in [-0.4, -0.2) is 23.9 Å². The number of halogens is 1. The van der Waals surface area contributed by atoms with Gasteiger partial charge in [0.05, 0.1) is 12.5 Å². The van der Waals surface area contributed by atoms with Crippen LogP contribution in [0.25, 0.3) is 0 Å². The van der Waals surface area contributed by atoms with Crippen LogP contribution in [0.5, 0.6) is 0 Å². The smallest absolute Gasteiger partial charge is 0.312 e. The quantitative estimate of drug-likeness (QED) is 0.806. The number of esters is 1. The fraction of sp³-hybridized carbons (Fsp3) is 0.438.